The molecule has 0 bridgehead atoms. The Balaban J connectivity index is 1.42. The normalized spacial score (nSPS) is 10.8. The van der Waals surface area contributed by atoms with E-state index in [2.05, 4.69) is 50.5 Å². The van der Waals surface area contributed by atoms with Gasteiger partial charge in [-0.2, -0.15) is 0 Å². The minimum atomic E-state index is 0.703. The van der Waals surface area contributed by atoms with Crippen LogP contribution in [0.1, 0.15) is 5.56 Å². The maximum atomic E-state index is 6.29. The molecule has 5 rings (SSSR count). The molecular weight excluding hydrogens is 527 g/mol. The fourth-order valence-corrected chi connectivity index (χ4v) is 4.47. The van der Waals surface area contributed by atoms with Crippen LogP contribution in [0.2, 0.25) is 0 Å². The fraction of sp³-hybridized carbons (Fsp3) is 0.0741. The second-order valence-electron chi connectivity index (χ2n) is 7.45. The monoisotopic (exact) mass is 548 g/mol. The van der Waals surface area contributed by atoms with Gasteiger partial charge in [-0.3, -0.25) is 0 Å². The van der Waals surface area contributed by atoms with Crippen LogP contribution in [0.25, 0.3) is 11.0 Å². The number of halogens is 1. The van der Waals surface area contributed by atoms with Crippen LogP contribution in [0.5, 0.6) is 28.7 Å². The van der Waals surface area contributed by atoms with Crippen LogP contribution < -0.4 is 14.2 Å². The van der Waals surface area contributed by atoms with Crippen molar-refractivity contribution in [3.05, 3.63) is 106 Å². The van der Waals surface area contributed by atoms with E-state index in [9.17, 15) is 0 Å². The summed E-state index contributed by atoms with van der Waals surface area (Å²) in [5, 5.41) is 0.987. The van der Waals surface area contributed by atoms with Gasteiger partial charge in [-0.15, -0.1) is 0 Å². The number of para-hydroxylation sites is 1. The van der Waals surface area contributed by atoms with Crippen molar-refractivity contribution < 1.29 is 14.2 Å². The van der Waals surface area contributed by atoms with Gasteiger partial charge in [0.25, 0.3) is 0 Å². The smallest absolute Gasteiger partial charge is 0.145 e. The van der Waals surface area contributed by atoms with Crippen molar-refractivity contribution in [2.45, 2.75) is 6.54 Å². The highest BCUT2D eigenvalue weighted by molar-refractivity contribution is 14.1. The van der Waals surface area contributed by atoms with Gasteiger partial charge in [0, 0.05) is 28.6 Å². The number of hydrogen-bond donors (Lipinski definition) is 0. The molecular formula is C27H21IN2O3. The lowest BCUT2D eigenvalue weighted by atomic mass is 10.2. The molecule has 0 radical (unpaired) electrons. The Morgan fingerprint density at radius 2 is 1.52 bits per heavy atom. The molecule has 0 saturated carbocycles. The van der Waals surface area contributed by atoms with Crippen molar-refractivity contribution in [2.24, 2.45) is 0 Å². The molecule has 164 valence electrons. The van der Waals surface area contributed by atoms with Crippen LogP contribution in [0, 0.1) is 3.57 Å². The number of fused-ring (bicyclic) bond motifs is 1. The summed E-state index contributed by atoms with van der Waals surface area (Å²) < 4.78 is 20.7. The molecule has 0 aliphatic carbocycles. The first kappa shape index (κ1) is 21.3. The van der Waals surface area contributed by atoms with E-state index >= 15 is 0 Å². The van der Waals surface area contributed by atoms with Crippen molar-refractivity contribution in [3.63, 3.8) is 0 Å². The van der Waals surface area contributed by atoms with Gasteiger partial charge in [0.1, 0.15) is 34.4 Å². The number of methoxy groups -OCH3 is 1. The first-order chi connectivity index (χ1) is 16.2. The number of aromatic nitrogens is 2. The Hall–Kier alpha value is -3.52. The van der Waals surface area contributed by atoms with Crippen LogP contribution in [0.4, 0.5) is 0 Å². The van der Waals surface area contributed by atoms with Crippen LogP contribution in [-0.2, 0) is 6.54 Å². The maximum absolute atomic E-state index is 6.29. The third-order valence-electron chi connectivity index (χ3n) is 5.20. The summed E-state index contributed by atoms with van der Waals surface area (Å²) in [4.78, 5) is 4.64. The van der Waals surface area contributed by atoms with Crippen LogP contribution >= 0.6 is 22.6 Å². The van der Waals surface area contributed by atoms with Gasteiger partial charge in [0.05, 0.1) is 12.5 Å². The first-order valence-corrected chi connectivity index (χ1v) is 11.5. The lowest BCUT2D eigenvalue weighted by Crippen LogP contribution is -1.99. The van der Waals surface area contributed by atoms with Crippen molar-refractivity contribution in [1.82, 2.24) is 9.55 Å². The highest BCUT2D eigenvalue weighted by Gasteiger charge is 2.14. The van der Waals surface area contributed by atoms with Gasteiger partial charge < -0.3 is 18.8 Å². The van der Waals surface area contributed by atoms with Gasteiger partial charge in [-0.25, -0.2) is 4.98 Å². The highest BCUT2D eigenvalue weighted by atomic mass is 127. The Bertz CT molecular complexity index is 1380. The molecule has 2 heterocycles. The molecule has 33 heavy (non-hydrogen) atoms. The first-order valence-electron chi connectivity index (χ1n) is 10.5. The molecule has 2 aromatic heterocycles. The Kier molecular flexibility index (Phi) is 6.17. The number of nitrogens with zero attached hydrogens (tertiary/aromatic N) is 2. The number of benzene rings is 3. The summed E-state index contributed by atoms with van der Waals surface area (Å²) in [6.45, 7) is 0.709. The number of rotatable bonds is 7. The summed E-state index contributed by atoms with van der Waals surface area (Å²) in [6.07, 6.45) is 3.88. The van der Waals surface area contributed by atoms with Gasteiger partial charge >= 0.3 is 0 Å². The summed E-state index contributed by atoms with van der Waals surface area (Å²) >= 11 is 2.34. The Morgan fingerprint density at radius 1 is 0.788 bits per heavy atom. The van der Waals surface area contributed by atoms with Gasteiger partial charge in [0.2, 0.25) is 0 Å². The summed E-state index contributed by atoms with van der Waals surface area (Å²) in [7, 11) is 1.67. The second-order valence-corrected chi connectivity index (χ2v) is 8.61. The van der Waals surface area contributed by atoms with E-state index in [4.69, 9.17) is 14.2 Å². The highest BCUT2D eigenvalue weighted by Crippen LogP contribution is 2.35. The van der Waals surface area contributed by atoms with Gasteiger partial charge in [0.15, 0.2) is 0 Å². The molecule has 6 heteroatoms. The molecule has 0 saturated heterocycles. The van der Waals surface area contributed by atoms with Crippen LogP contribution in [0.3, 0.4) is 0 Å². The van der Waals surface area contributed by atoms with Gasteiger partial charge in [-0.1, -0.05) is 36.4 Å². The molecule has 0 aliphatic rings. The summed E-state index contributed by atoms with van der Waals surface area (Å²) in [6, 6.07) is 27.3. The third-order valence-corrected chi connectivity index (χ3v) is 6.01. The average Bonchev–Trinajstić information content (AvgIpc) is 3.16. The molecule has 0 unspecified atom stereocenters. The Labute approximate surface area is 205 Å². The minimum Gasteiger partial charge on any atom is -0.497 e. The fourth-order valence-electron chi connectivity index (χ4n) is 3.62. The van der Waals surface area contributed by atoms with Crippen molar-refractivity contribution in [1.29, 1.82) is 0 Å². The lowest BCUT2D eigenvalue weighted by Gasteiger charge is -2.11. The van der Waals surface area contributed by atoms with E-state index in [0.717, 1.165) is 37.6 Å². The third kappa shape index (κ3) is 4.80. The quantitative estimate of drug-likeness (QED) is 0.201. The van der Waals surface area contributed by atoms with E-state index in [1.165, 1.54) is 5.56 Å². The molecule has 0 fully saturated rings. The molecule has 5 aromatic rings. The van der Waals surface area contributed by atoms with Crippen molar-refractivity contribution in [3.8, 4) is 28.7 Å². The van der Waals surface area contributed by atoms with E-state index < -0.39 is 0 Å². The SMILES string of the molecule is COc1ccc(Cn2cc(I)c3c(Oc4cccc(Oc5ccccc5)c4)ccnc32)cc1. The topological polar surface area (TPSA) is 45.5 Å². The van der Waals surface area contributed by atoms with E-state index in [1.54, 1.807) is 13.3 Å². The van der Waals surface area contributed by atoms with Crippen molar-refractivity contribution in [2.75, 3.05) is 7.11 Å². The number of ether oxygens (including phenoxy) is 3. The van der Waals surface area contributed by atoms with E-state index in [1.807, 2.05) is 72.8 Å². The average molecular weight is 548 g/mol. The molecule has 5 nitrogen and oxygen atoms in total. The zero-order valence-corrected chi connectivity index (χ0v) is 20.1. The van der Waals surface area contributed by atoms with E-state index in [-0.39, 0.29) is 0 Å². The summed E-state index contributed by atoms with van der Waals surface area (Å²) in [5.74, 6) is 3.81. The predicted octanol–water partition coefficient (Wildman–Crippen LogP) is 7.28. The van der Waals surface area contributed by atoms with Gasteiger partial charge in [-0.05, 0) is 70.6 Å². The summed E-state index contributed by atoms with van der Waals surface area (Å²) in [5.41, 5.74) is 2.05. The Morgan fingerprint density at radius 3 is 2.27 bits per heavy atom. The minimum absolute atomic E-state index is 0.703. The maximum Gasteiger partial charge on any atom is 0.145 e. The standard InChI is InChI=1S/C27H21IN2O3/c1-31-20-12-10-19(11-13-20)17-30-18-24(28)26-25(14-15-29-27(26)30)33-23-9-5-8-22(16-23)32-21-6-3-2-4-7-21/h2-16,18H,17H2,1H3. The molecule has 0 amide bonds. The zero-order valence-electron chi connectivity index (χ0n) is 17.9. The molecule has 0 aliphatic heterocycles. The number of hydrogen-bond acceptors (Lipinski definition) is 4. The van der Waals surface area contributed by atoms with E-state index in [0.29, 0.717) is 12.3 Å². The van der Waals surface area contributed by atoms with Crippen LogP contribution in [-0.4, -0.2) is 16.7 Å². The molecule has 3 aromatic carbocycles. The molecule has 0 spiro atoms. The second kappa shape index (κ2) is 9.54. The zero-order chi connectivity index (χ0) is 22.6. The number of pyridine rings is 1. The van der Waals surface area contributed by atoms with Crippen molar-refractivity contribution >= 4 is 33.6 Å². The molecule has 0 N–H and O–H groups in total. The predicted molar refractivity (Wildman–Crippen MR) is 138 cm³/mol. The molecule has 0 atom stereocenters. The largest absolute Gasteiger partial charge is 0.497 e. The van der Waals surface area contributed by atoms with Crippen LogP contribution in [0.15, 0.2) is 97.3 Å². The lowest BCUT2D eigenvalue weighted by molar-refractivity contribution is 0.414.